The molecule has 0 radical (unpaired) electrons. The van der Waals surface area contributed by atoms with E-state index in [1.807, 2.05) is 12.1 Å². The van der Waals surface area contributed by atoms with Crippen LogP contribution in [0.4, 0.5) is 8.78 Å². The standard InChI is InChI=1S/C29H27F2N5O6S/c30-22-4-1-18(11-23(22)31)43(40,41)36-14-17(12-32-36)13-34-9-7-29(8-10-34)16-42-26-20-15-35(24-5-6-25(37)33-27(24)38)28(39)19(20)2-3-21(26)29/h1-4,11-12,14,24H,5-10,13,15-16H2,(H,33,37,38). The molecule has 2 fully saturated rings. The zero-order valence-corrected chi connectivity index (χ0v) is 23.7. The monoisotopic (exact) mass is 611 g/mol. The minimum atomic E-state index is -4.18. The van der Waals surface area contributed by atoms with E-state index in [2.05, 4.69) is 15.3 Å². The number of likely N-dealkylation sites (tertiary alicyclic amines) is 1. The van der Waals surface area contributed by atoms with Gasteiger partial charge in [-0.3, -0.25) is 24.6 Å². The number of carbonyl (C=O) groups excluding carboxylic acids is 3. The molecule has 0 bridgehead atoms. The molecule has 1 N–H and O–H groups in total. The number of nitrogens with zero attached hydrogens (tertiary/aromatic N) is 4. The number of amides is 3. The van der Waals surface area contributed by atoms with Crippen LogP contribution >= 0.6 is 0 Å². The molecule has 0 saturated carbocycles. The third-order valence-corrected chi connectivity index (χ3v) is 10.5. The highest BCUT2D eigenvalue weighted by Crippen LogP contribution is 2.49. The molecule has 43 heavy (non-hydrogen) atoms. The summed E-state index contributed by atoms with van der Waals surface area (Å²) in [5.41, 5.74) is 2.78. The molecule has 1 aromatic heterocycles. The van der Waals surface area contributed by atoms with Gasteiger partial charge in [0.2, 0.25) is 11.8 Å². The van der Waals surface area contributed by atoms with Crippen molar-refractivity contribution >= 4 is 27.7 Å². The van der Waals surface area contributed by atoms with E-state index in [1.165, 1.54) is 17.3 Å². The molecular weight excluding hydrogens is 584 g/mol. The van der Waals surface area contributed by atoms with Gasteiger partial charge in [0.25, 0.3) is 15.9 Å². The predicted octanol–water partition coefficient (Wildman–Crippen LogP) is 2.09. The predicted molar refractivity (Wildman–Crippen MR) is 145 cm³/mol. The number of benzene rings is 2. The van der Waals surface area contributed by atoms with Crippen LogP contribution in [0.15, 0.2) is 47.6 Å². The number of nitrogens with one attached hydrogen (secondary N) is 1. The summed E-state index contributed by atoms with van der Waals surface area (Å²) in [5.74, 6) is -2.70. The van der Waals surface area contributed by atoms with Gasteiger partial charge in [0, 0.05) is 46.8 Å². The van der Waals surface area contributed by atoms with Crippen molar-refractivity contribution in [1.29, 1.82) is 0 Å². The van der Waals surface area contributed by atoms with E-state index in [4.69, 9.17) is 4.74 Å². The van der Waals surface area contributed by atoms with Crippen LogP contribution in [-0.2, 0) is 38.1 Å². The third kappa shape index (κ3) is 4.50. The average Bonchev–Trinajstić information content (AvgIpc) is 3.69. The van der Waals surface area contributed by atoms with Crippen LogP contribution in [0.5, 0.6) is 5.75 Å². The van der Waals surface area contributed by atoms with Crippen LogP contribution in [0.3, 0.4) is 0 Å². The average molecular weight is 612 g/mol. The number of carbonyl (C=O) groups is 3. The molecule has 1 spiro atoms. The highest BCUT2D eigenvalue weighted by molar-refractivity contribution is 7.89. The zero-order chi connectivity index (χ0) is 30.1. The fourth-order valence-corrected chi connectivity index (χ4v) is 7.75. The van der Waals surface area contributed by atoms with Crippen LogP contribution in [0.2, 0.25) is 0 Å². The van der Waals surface area contributed by atoms with E-state index in [0.717, 1.165) is 40.2 Å². The van der Waals surface area contributed by atoms with E-state index in [9.17, 15) is 31.6 Å². The smallest absolute Gasteiger partial charge is 0.283 e. The van der Waals surface area contributed by atoms with Crippen molar-refractivity contribution in [2.45, 2.75) is 55.1 Å². The molecule has 5 heterocycles. The molecule has 4 aliphatic rings. The van der Waals surface area contributed by atoms with Gasteiger partial charge in [-0.2, -0.15) is 17.6 Å². The Balaban J connectivity index is 1.03. The van der Waals surface area contributed by atoms with Gasteiger partial charge in [0.15, 0.2) is 11.6 Å². The molecule has 14 heteroatoms. The molecular formula is C29H27F2N5O6S. The number of imide groups is 1. The minimum absolute atomic E-state index is 0.190. The van der Waals surface area contributed by atoms with Crippen molar-refractivity contribution in [2.24, 2.45) is 0 Å². The summed E-state index contributed by atoms with van der Waals surface area (Å²) in [5, 5.41) is 6.29. The molecule has 7 rings (SSSR count). The molecule has 2 aromatic carbocycles. The Bertz CT molecular complexity index is 1800. The van der Waals surface area contributed by atoms with Gasteiger partial charge < -0.3 is 9.64 Å². The Hall–Kier alpha value is -4.17. The van der Waals surface area contributed by atoms with Crippen LogP contribution in [0.25, 0.3) is 0 Å². The van der Waals surface area contributed by atoms with Crippen molar-refractivity contribution in [2.75, 3.05) is 19.7 Å². The zero-order valence-electron chi connectivity index (χ0n) is 22.9. The van der Waals surface area contributed by atoms with Gasteiger partial charge in [0.1, 0.15) is 11.8 Å². The van der Waals surface area contributed by atoms with Crippen molar-refractivity contribution in [1.82, 2.24) is 24.3 Å². The molecule has 3 aromatic rings. The van der Waals surface area contributed by atoms with Crippen molar-refractivity contribution < 1.29 is 36.3 Å². The molecule has 1 unspecified atom stereocenters. The first-order valence-electron chi connectivity index (χ1n) is 14.0. The van der Waals surface area contributed by atoms with E-state index in [-0.39, 0.29) is 30.2 Å². The van der Waals surface area contributed by atoms with Gasteiger partial charge in [-0.25, -0.2) is 8.78 Å². The lowest BCUT2D eigenvalue weighted by Crippen LogP contribution is -2.52. The van der Waals surface area contributed by atoms with Gasteiger partial charge in [0.05, 0.1) is 24.2 Å². The topological polar surface area (TPSA) is 131 Å². The second-order valence-corrected chi connectivity index (χ2v) is 13.3. The second kappa shape index (κ2) is 9.95. The fourth-order valence-electron chi connectivity index (χ4n) is 6.59. The molecule has 2 saturated heterocycles. The maximum absolute atomic E-state index is 13.6. The number of aromatic nitrogens is 2. The lowest BCUT2D eigenvalue weighted by Gasteiger charge is -2.38. The summed E-state index contributed by atoms with van der Waals surface area (Å²) in [6, 6.07) is 5.47. The first kappa shape index (κ1) is 27.7. The van der Waals surface area contributed by atoms with Gasteiger partial charge in [-0.15, -0.1) is 0 Å². The molecule has 4 aliphatic heterocycles. The Kier molecular flexibility index (Phi) is 6.40. The first-order valence-corrected chi connectivity index (χ1v) is 15.4. The summed E-state index contributed by atoms with van der Waals surface area (Å²) in [4.78, 5) is 40.6. The van der Waals surface area contributed by atoms with Crippen molar-refractivity contribution in [3.05, 3.63) is 76.6 Å². The number of hydrogen-bond donors (Lipinski definition) is 1. The van der Waals surface area contributed by atoms with Crippen molar-refractivity contribution in [3.8, 4) is 5.75 Å². The quantitative estimate of drug-likeness (QED) is 0.434. The third-order valence-electron chi connectivity index (χ3n) is 9.00. The van der Waals surface area contributed by atoms with Crippen LogP contribution < -0.4 is 10.1 Å². The highest BCUT2D eigenvalue weighted by Gasteiger charge is 2.47. The molecule has 3 amide bonds. The minimum Gasteiger partial charge on any atom is -0.492 e. The molecule has 0 aliphatic carbocycles. The SMILES string of the molecule is O=C1CCC(N2Cc3c(ccc4c3OCC43CCN(Cc4cnn(S(=O)(=O)c5ccc(F)c(F)c5)c4)CC3)C2=O)C(=O)N1. The molecule has 11 nitrogen and oxygen atoms in total. The number of hydrogen-bond acceptors (Lipinski definition) is 8. The number of fused-ring (bicyclic) bond motifs is 4. The van der Waals surface area contributed by atoms with E-state index >= 15 is 0 Å². The molecule has 224 valence electrons. The van der Waals surface area contributed by atoms with Crippen LogP contribution in [0, 0.1) is 11.6 Å². The largest absolute Gasteiger partial charge is 0.492 e. The van der Waals surface area contributed by atoms with Gasteiger partial charge in [-0.05, 0) is 56.6 Å². The van der Waals surface area contributed by atoms with Crippen LogP contribution in [-0.4, -0.2) is 70.9 Å². The van der Waals surface area contributed by atoms with Gasteiger partial charge >= 0.3 is 0 Å². The normalized spacial score (nSPS) is 21.6. The lowest BCUT2D eigenvalue weighted by atomic mass is 9.74. The Morgan fingerprint density at radius 2 is 1.86 bits per heavy atom. The van der Waals surface area contributed by atoms with E-state index in [0.29, 0.717) is 55.6 Å². The summed E-state index contributed by atoms with van der Waals surface area (Å²) in [7, 11) is -4.18. The highest BCUT2D eigenvalue weighted by atomic mass is 32.2. The number of ether oxygens (including phenoxy) is 1. The summed E-state index contributed by atoms with van der Waals surface area (Å²) in [6.07, 6.45) is 4.88. The van der Waals surface area contributed by atoms with E-state index in [1.54, 1.807) is 0 Å². The number of halogens is 2. The first-order chi connectivity index (χ1) is 20.6. The van der Waals surface area contributed by atoms with Crippen molar-refractivity contribution in [3.63, 3.8) is 0 Å². The lowest BCUT2D eigenvalue weighted by molar-refractivity contribution is -0.136. The van der Waals surface area contributed by atoms with Crippen LogP contribution in [0.1, 0.15) is 52.7 Å². The summed E-state index contributed by atoms with van der Waals surface area (Å²) in [6.45, 7) is 2.61. The van der Waals surface area contributed by atoms with E-state index < -0.39 is 38.5 Å². The van der Waals surface area contributed by atoms with Gasteiger partial charge in [-0.1, -0.05) is 6.07 Å². The Labute approximate surface area is 245 Å². The Morgan fingerprint density at radius 3 is 2.60 bits per heavy atom. The fraction of sp³-hybridized carbons (Fsp3) is 0.379. The maximum atomic E-state index is 13.6. The summed E-state index contributed by atoms with van der Waals surface area (Å²) < 4.78 is 59.6. The Morgan fingerprint density at radius 1 is 1.07 bits per heavy atom. The summed E-state index contributed by atoms with van der Waals surface area (Å²) >= 11 is 0. The number of rotatable bonds is 5. The number of piperidine rings is 2. The molecule has 1 atom stereocenters. The maximum Gasteiger partial charge on any atom is 0.283 e. The second-order valence-electron chi connectivity index (χ2n) is 11.5.